The van der Waals surface area contributed by atoms with Gasteiger partial charge in [0.1, 0.15) is 29.6 Å². The molecular weight excluding hydrogens is 383 g/mol. The molecule has 146 valence electrons. The second kappa shape index (κ2) is 8.41. The quantitative estimate of drug-likeness (QED) is 0.656. The highest BCUT2D eigenvalue weighted by Gasteiger charge is 2.18. The first-order valence-corrected chi connectivity index (χ1v) is 9.13. The lowest BCUT2D eigenvalue weighted by molar-refractivity contribution is 0.0949. The third-order valence-electron chi connectivity index (χ3n) is 4.15. The molecule has 0 fully saturated rings. The molecule has 7 heteroatoms. The molecule has 1 heterocycles. The maximum atomic E-state index is 14.6. The fraction of sp³-hybridized carbons (Fsp3) is 0.286. The minimum atomic E-state index is -0.451. The van der Waals surface area contributed by atoms with E-state index in [1.165, 1.54) is 18.2 Å². The van der Waals surface area contributed by atoms with E-state index < -0.39 is 5.82 Å². The van der Waals surface area contributed by atoms with Crippen LogP contribution in [0, 0.1) is 17.1 Å². The SMILES string of the molecule is CC1=COCN1COc1cc(Cl)c(C#N)cc1-c1cc(OC(C)C)ccc1F. The Morgan fingerprint density at radius 1 is 1.29 bits per heavy atom. The summed E-state index contributed by atoms with van der Waals surface area (Å²) in [5, 5.41) is 9.57. The van der Waals surface area contributed by atoms with Gasteiger partial charge in [-0.1, -0.05) is 11.6 Å². The molecule has 3 rings (SSSR count). The van der Waals surface area contributed by atoms with E-state index >= 15 is 0 Å². The number of nitrogens with zero attached hydrogens (tertiary/aromatic N) is 2. The lowest BCUT2D eigenvalue weighted by atomic mass is 10.0. The van der Waals surface area contributed by atoms with Gasteiger partial charge in [0.05, 0.1) is 22.4 Å². The summed E-state index contributed by atoms with van der Waals surface area (Å²) in [5.74, 6) is 0.439. The standard InChI is InChI=1S/C21H20ClFN2O3/c1-13(2)28-16-4-5-20(23)17(7-16)18-6-15(9-24)19(22)8-21(18)27-12-25-11-26-10-14(25)3/h4-8,10,13H,11-12H2,1-3H3. The fourth-order valence-electron chi connectivity index (χ4n) is 2.74. The van der Waals surface area contributed by atoms with Gasteiger partial charge in [-0.3, -0.25) is 0 Å². The molecule has 0 atom stereocenters. The van der Waals surface area contributed by atoms with E-state index in [9.17, 15) is 9.65 Å². The van der Waals surface area contributed by atoms with Crippen LogP contribution >= 0.6 is 11.6 Å². The van der Waals surface area contributed by atoms with E-state index in [0.29, 0.717) is 23.8 Å². The molecule has 0 radical (unpaired) electrons. The minimum Gasteiger partial charge on any atom is -0.491 e. The van der Waals surface area contributed by atoms with Crippen LogP contribution in [-0.4, -0.2) is 24.5 Å². The van der Waals surface area contributed by atoms with Crippen molar-refractivity contribution >= 4 is 11.6 Å². The van der Waals surface area contributed by atoms with Crippen LogP contribution in [0.25, 0.3) is 11.1 Å². The molecule has 1 aliphatic heterocycles. The molecule has 0 amide bonds. The molecule has 0 spiro atoms. The molecule has 0 bridgehead atoms. The molecule has 2 aromatic rings. The number of benzene rings is 2. The molecule has 0 saturated carbocycles. The van der Waals surface area contributed by atoms with E-state index in [1.807, 2.05) is 31.7 Å². The average Bonchev–Trinajstić information content (AvgIpc) is 3.06. The van der Waals surface area contributed by atoms with Crippen molar-refractivity contribution in [1.29, 1.82) is 5.26 Å². The van der Waals surface area contributed by atoms with E-state index in [4.69, 9.17) is 25.8 Å². The summed E-state index contributed by atoms with van der Waals surface area (Å²) < 4.78 is 31.5. The van der Waals surface area contributed by atoms with Gasteiger partial charge in [0, 0.05) is 17.2 Å². The topological polar surface area (TPSA) is 54.7 Å². The summed E-state index contributed by atoms with van der Waals surface area (Å²) in [6, 6.07) is 9.57. The Balaban J connectivity index is 2.01. The van der Waals surface area contributed by atoms with Gasteiger partial charge in [-0.25, -0.2) is 4.39 Å². The van der Waals surface area contributed by atoms with Gasteiger partial charge >= 0.3 is 0 Å². The van der Waals surface area contributed by atoms with Gasteiger partial charge in [0.25, 0.3) is 0 Å². The van der Waals surface area contributed by atoms with Crippen LogP contribution in [0.5, 0.6) is 11.5 Å². The van der Waals surface area contributed by atoms with Crippen molar-refractivity contribution in [2.24, 2.45) is 0 Å². The Bertz CT molecular complexity index is 953. The van der Waals surface area contributed by atoms with E-state index in [2.05, 4.69) is 0 Å². The molecule has 0 aromatic heterocycles. The van der Waals surface area contributed by atoms with Crippen LogP contribution in [0.2, 0.25) is 5.02 Å². The number of hydrogen-bond donors (Lipinski definition) is 0. The van der Waals surface area contributed by atoms with Gasteiger partial charge in [-0.15, -0.1) is 0 Å². The van der Waals surface area contributed by atoms with E-state index in [-0.39, 0.29) is 29.0 Å². The second-order valence-electron chi connectivity index (χ2n) is 6.62. The van der Waals surface area contributed by atoms with Crippen LogP contribution in [-0.2, 0) is 4.74 Å². The van der Waals surface area contributed by atoms with Crippen molar-refractivity contribution in [2.45, 2.75) is 26.9 Å². The van der Waals surface area contributed by atoms with Crippen LogP contribution < -0.4 is 9.47 Å². The van der Waals surface area contributed by atoms with Crippen molar-refractivity contribution in [2.75, 3.05) is 13.5 Å². The summed E-state index contributed by atoms with van der Waals surface area (Å²) in [7, 11) is 0. The van der Waals surface area contributed by atoms with E-state index in [0.717, 1.165) is 5.70 Å². The Labute approximate surface area is 168 Å². The smallest absolute Gasteiger partial charge is 0.163 e. The first kappa shape index (κ1) is 19.8. The monoisotopic (exact) mass is 402 g/mol. The van der Waals surface area contributed by atoms with Crippen LogP contribution in [0.4, 0.5) is 4.39 Å². The molecule has 0 aliphatic carbocycles. The number of rotatable bonds is 6. The van der Waals surface area contributed by atoms with Gasteiger partial charge in [0.15, 0.2) is 13.5 Å². The second-order valence-corrected chi connectivity index (χ2v) is 7.02. The largest absolute Gasteiger partial charge is 0.491 e. The maximum Gasteiger partial charge on any atom is 0.163 e. The first-order chi connectivity index (χ1) is 13.4. The Morgan fingerprint density at radius 2 is 2.07 bits per heavy atom. The number of ether oxygens (including phenoxy) is 3. The third-order valence-corrected chi connectivity index (χ3v) is 4.46. The van der Waals surface area contributed by atoms with Gasteiger partial charge in [0.2, 0.25) is 0 Å². The molecule has 5 nitrogen and oxygen atoms in total. The lowest BCUT2D eigenvalue weighted by Gasteiger charge is -2.20. The summed E-state index contributed by atoms with van der Waals surface area (Å²) in [5.41, 5.74) is 1.85. The lowest BCUT2D eigenvalue weighted by Crippen LogP contribution is -2.24. The van der Waals surface area contributed by atoms with Crippen molar-refractivity contribution in [3.05, 3.63) is 58.7 Å². The van der Waals surface area contributed by atoms with Crippen molar-refractivity contribution in [3.63, 3.8) is 0 Å². The Kier molecular flexibility index (Phi) is 5.96. The Morgan fingerprint density at radius 3 is 2.71 bits per heavy atom. The number of allylic oxidation sites excluding steroid dienone is 1. The predicted molar refractivity (Wildman–Crippen MR) is 104 cm³/mol. The predicted octanol–water partition coefficient (Wildman–Crippen LogP) is 5.29. The highest BCUT2D eigenvalue weighted by molar-refractivity contribution is 6.32. The molecule has 0 saturated heterocycles. The van der Waals surface area contributed by atoms with Gasteiger partial charge in [-0.2, -0.15) is 5.26 Å². The van der Waals surface area contributed by atoms with Gasteiger partial charge < -0.3 is 19.1 Å². The van der Waals surface area contributed by atoms with Crippen LogP contribution in [0.3, 0.4) is 0 Å². The van der Waals surface area contributed by atoms with Crippen LogP contribution in [0.1, 0.15) is 26.3 Å². The highest BCUT2D eigenvalue weighted by Crippen LogP contribution is 2.38. The summed E-state index contributed by atoms with van der Waals surface area (Å²) in [4.78, 5) is 1.87. The summed E-state index contributed by atoms with van der Waals surface area (Å²) in [6.07, 6.45) is 1.58. The van der Waals surface area contributed by atoms with Crippen molar-refractivity contribution in [3.8, 4) is 28.7 Å². The molecule has 28 heavy (non-hydrogen) atoms. The first-order valence-electron chi connectivity index (χ1n) is 8.75. The zero-order chi connectivity index (χ0) is 20.3. The Hall–Kier alpha value is -2.91. The molecular formula is C21H20ClFN2O3. The number of halogens is 2. The molecule has 0 unspecified atom stereocenters. The fourth-order valence-corrected chi connectivity index (χ4v) is 2.93. The molecule has 2 aromatic carbocycles. The molecule has 0 N–H and O–H groups in total. The zero-order valence-corrected chi connectivity index (χ0v) is 16.6. The third kappa shape index (κ3) is 4.32. The van der Waals surface area contributed by atoms with Crippen molar-refractivity contribution in [1.82, 2.24) is 4.90 Å². The summed E-state index contributed by atoms with van der Waals surface area (Å²) >= 11 is 6.18. The zero-order valence-electron chi connectivity index (χ0n) is 15.8. The number of nitriles is 1. The number of hydrogen-bond acceptors (Lipinski definition) is 5. The van der Waals surface area contributed by atoms with E-state index in [1.54, 1.807) is 18.4 Å². The highest BCUT2D eigenvalue weighted by atomic mass is 35.5. The maximum absolute atomic E-state index is 14.6. The minimum absolute atomic E-state index is 0.0566. The summed E-state index contributed by atoms with van der Waals surface area (Å²) in [6.45, 7) is 6.25. The van der Waals surface area contributed by atoms with Gasteiger partial charge in [-0.05, 0) is 45.0 Å². The normalized spacial score (nSPS) is 13.2. The molecule has 1 aliphatic rings. The van der Waals surface area contributed by atoms with Crippen molar-refractivity contribution < 1.29 is 18.6 Å². The van der Waals surface area contributed by atoms with Crippen LogP contribution in [0.15, 0.2) is 42.3 Å². The average molecular weight is 403 g/mol.